The Balaban J connectivity index is 2.12. The van der Waals surface area contributed by atoms with Gasteiger partial charge >= 0.3 is 0 Å². The second kappa shape index (κ2) is 3.94. The van der Waals surface area contributed by atoms with Gasteiger partial charge in [0.15, 0.2) is 11.5 Å². The van der Waals surface area contributed by atoms with Crippen molar-refractivity contribution in [2.24, 2.45) is 7.05 Å². The molecule has 0 fully saturated rings. The Morgan fingerprint density at radius 2 is 1.94 bits per heavy atom. The number of nitrogens with two attached hydrogens (primary N) is 1. The lowest BCUT2D eigenvalue weighted by Gasteiger charge is -2.18. The molecule has 0 spiro atoms. The first-order valence-electron chi connectivity index (χ1n) is 5.86. The van der Waals surface area contributed by atoms with Crippen molar-refractivity contribution in [3.8, 4) is 22.6 Å². The van der Waals surface area contributed by atoms with Crippen LogP contribution < -0.4 is 15.2 Å². The lowest BCUT2D eigenvalue weighted by Crippen LogP contribution is -2.15. The summed E-state index contributed by atoms with van der Waals surface area (Å²) in [6.07, 6.45) is 0. The maximum Gasteiger partial charge on any atom is 0.161 e. The normalized spacial score (nSPS) is 13.7. The number of nitrogen functional groups attached to an aromatic ring is 1. The minimum absolute atomic E-state index is 0.581. The SMILES string of the molecule is Cc1nn(C)c(N)c1-c1ccc2c(c1)OCCO2. The summed E-state index contributed by atoms with van der Waals surface area (Å²) in [6, 6.07) is 5.85. The number of anilines is 1. The van der Waals surface area contributed by atoms with E-state index in [4.69, 9.17) is 15.2 Å². The fraction of sp³-hybridized carbons (Fsp3) is 0.308. The smallest absolute Gasteiger partial charge is 0.161 e. The van der Waals surface area contributed by atoms with Crippen LogP contribution in [0.2, 0.25) is 0 Å². The van der Waals surface area contributed by atoms with E-state index in [0.29, 0.717) is 19.0 Å². The summed E-state index contributed by atoms with van der Waals surface area (Å²) in [4.78, 5) is 0. The summed E-state index contributed by atoms with van der Waals surface area (Å²) in [5.41, 5.74) is 8.90. The van der Waals surface area contributed by atoms with E-state index in [-0.39, 0.29) is 0 Å². The zero-order valence-electron chi connectivity index (χ0n) is 10.4. The molecule has 5 heteroatoms. The third-order valence-electron chi connectivity index (χ3n) is 3.10. The molecule has 0 unspecified atom stereocenters. The standard InChI is InChI=1S/C13H15N3O2/c1-8-12(13(14)16(2)15-8)9-3-4-10-11(7-9)18-6-5-17-10/h3-4,7H,5-6,14H2,1-2H3. The minimum atomic E-state index is 0.581. The van der Waals surface area contributed by atoms with Crippen molar-refractivity contribution in [3.63, 3.8) is 0 Å². The highest BCUT2D eigenvalue weighted by Gasteiger charge is 2.17. The van der Waals surface area contributed by atoms with Gasteiger partial charge in [-0.05, 0) is 24.6 Å². The van der Waals surface area contributed by atoms with E-state index in [9.17, 15) is 0 Å². The van der Waals surface area contributed by atoms with E-state index in [1.54, 1.807) is 4.68 Å². The zero-order chi connectivity index (χ0) is 12.7. The summed E-state index contributed by atoms with van der Waals surface area (Å²) in [6.45, 7) is 3.13. The second-order valence-electron chi connectivity index (χ2n) is 4.33. The molecule has 0 aliphatic carbocycles. The van der Waals surface area contributed by atoms with E-state index < -0.39 is 0 Å². The molecule has 5 nitrogen and oxygen atoms in total. The predicted octanol–water partition coefficient (Wildman–Crippen LogP) is 1.75. The number of hydrogen-bond donors (Lipinski definition) is 1. The zero-order valence-corrected chi connectivity index (χ0v) is 10.4. The quantitative estimate of drug-likeness (QED) is 0.831. The maximum atomic E-state index is 6.04. The van der Waals surface area contributed by atoms with Crippen molar-refractivity contribution < 1.29 is 9.47 Å². The molecule has 18 heavy (non-hydrogen) atoms. The molecule has 94 valence electrons. The van der Waals surface area contributed by atoms with Crippen LogP contribution in [0.5, 0.6) is 11.5 Å². The Labute approximate surface area is 105 Å². The molecule has 0 bridgehead atoms. The number of aromatic nitrogens is 2. The van der Waals surface area contributed by atoms with Crippen molar-refractivity contribution in [1.82, 2.24) is 9.78 Å². The van der Waals surface area contributed by atoms with Crippen LogP contribution in [0, 0.1) is 6.92 Å². The third kappa shape index (κ3) is 1.59. The van der Waals surface area contributed by atoms with Crippen LogP contribution in [0.3, 0.4) is 0 Å². The molecule has 3 rings (SSSR count). The van der Waals surface area contributed by atoms with Crippen molar-refractivity contribution in [3.05, 3.63) is 23.9 Å². The minimum Gasteiger partial charge on any atom is -0.486 e. The van der Waals surface area contributed by atoms with Gasteiger partial charge < -0.3 is 15.2 Å². The van der Waals surface area contributed by atoms with Gasteiger partial charge in [-0.25, -0.2) is 0 Å². The average Bonchev–Trinajstić information content (AvgIpc) is 2.63. The van der Waals surface area contributed by atoms with Crippen LogP contribution in [-0.2, 0) is 7.05 Å². The summed E-state index contributed by atoms with van der Waals surface area (Å²) in [5.74, 6) is 2.20. The largest absolute Gasteiger partial charge is 0.486 e. The molecule has 1 aliphatic heterocycles. The molecule has 1 aromatic carbocycles. The van der Waals surface area contributed by atoms with E-state index in [2.05, 4.69) is 5.10 Å². The van der Waals surface area contributed by atoms with Gasteiger partial charge in [-0.3, -0.25) is 4.68 Å². The van der Waals surface area contributed by atoms with Crippen LogP contribution in [0.1, 0.15) is 5.69 Å². The van der Waals surface area contributed by atoms with Crippen LogP contribution in [0.25, 0.3) is 11.1 Å². The van der Waals surface area contributed by atoms with E-state index in [0.717, 1.165) is 28.3 Å². The number of fused-ring (bicyclic) bond motifs is 1. The Hall–Kier alpha value is -2.17. The average molecular weight is 245 g/mol. The van der Waals surface area contributed by atoms with Gasteiger partial charge in [0.2, 0.25) is 0 Å². The van der Waals surface area contributed by atoms with Gasteiger partial charge in [-0.2, -0.15) is 5.10 Å². The Morgan fingerprint density at radius 1 is 1.22 bits per heavy atom. The van der Waals surface area contributed by atoms with Gasteiger partial charge in [0.05, 0.1) is 5.69 Å². The first kappa shape index (κ1) is 11.0. The monoisotopic (exact) mass is 245 g/mol. The highest BCUT2D eigenvalue weighted by atomic mass is 16.6. The lowest BCUT2D eigenvalue weighted by molar-refractivity contribution is 0.171. The molecule has 0 saturated heterocycles. The fourth-order valence-corrected chi connectivity index (χ4v) is 2.23. The molecule has 0 radical (unpaired) electrons. The summed E-state index contributed by atoms with van der Waals surface area (Å²) in [7, 11) is 1.84. The van der Waals surface area contributed by atoms with Crippen molar-refractivity contribution in [2.75, 3.05) is 18.9 Å². The van der Waals surface area contributed by atoms with Gasteiger partial charge in [0.25, 0.3) is 0 Å². The van der Waals surface area contributed by atoms with Crippen LogP contribution in [0.4, 0.5) is 5.82 Å². The molecule has 2 N–H and O–H groups in total. The van der Waals surface area contributed by atoms with Crippen molar-refractivity contribution in [1.29, 1.82) is 0 Å². The van der Waals surface area contributed by atoms with Gasteiger partial charge in [-0.15, -0.1) is 0 Å². The Kier molecular flexibility index (Phi) is 2.40. The highest BCUT2D eigenvalue weighted by molar-refractivity contribution is 5.78. The van der Waals surface area contributed by atoms with E-state index >= 15 is 0 Å². The number of hydrogen-bond acceptors (Lipinski definition) is 4. The highest BCUT2D eigenvalue weighted by Crippen LogP contribution is 2.37. The van der Waals surface area contributed by atoms with Gasteiger partial charge in [0.1, 0.15) is 19.0 Å². The maximum absolute atomic E-state index is 6.04. The molecule has 1 aromatic heterocycles. The first-order chi connectivity index (χ1) is 8.66. The number of benzene rings is 1. The van der Waals surface area contributed by atoms with Crippen molar-refractivity contribution >= 4 is 5.82 Å². The first-order valence-corrected chi connectivity index (χ1v) is 5.86. The third-order valence-corrected chi connectivity index (χ3v) is 3.10. The molecular formula is C13H15N3O2. The molecule has 0 amide bonds. The molecule has 2 heterocycles. The summed E-state index contributed by atoms with van der Waals surface area (Å²) < 4.78 is 12.8. The molecule has 0 atom stereocenters. The van der Waals surface area contributed by atoms with Crippen LogP contribution >= 0.6 is 0 Å². The molecule has 2 aromatic rings. The van der Waals surface area contributed by atoms with Gasteiger partial charge in [0, 0.05) is 12.6 Å². The predicted molar refractivity (Wildman–Crippen MR) is 68.8 cm³/mol. The fourth-order valence-electron chi connectivity index (χ4n) is 2.23. The Morgan fingerprint density at radius 3 is 2.61 bits per heavy atom. The number of aryl methyl sites for hydroxylation is 2. The number of ether oxygens (including phenoxy) is 2. The topological polar surface area (TPSA) is 62.3 Å². The summed E-state index contributed by atoms with van der Waals surface area (Å²) in [5, 5.41) is 4.32. The lowest BCUT2D eigenvalue weighted by atomic mass is 10.1. The van der Waals surface area contributed by atoms with E-state index in [1.165, 1.54) is 0 Å². The van der Waals surface area contributed by atoms with Crippen LogP contribution in [-0.4, -0.2) is 23.0 Å². The molecule has 1 aliphatic rings. The van der Waals surface area contributed by atoms with E-state index in [1.807, 2.05) is 32.2 Å². The van der Waals surface area contributed by atoms with Gasteiger partial charge in [-0.1, -0.05) is 6.07 Å². The van der Waals surface area contributed by atoms with Crippen LogP contribution in [0.15, 0.2) is 18.2 Å². The second-order valence-corrected chi connectivity index (χ2v) is 4.33. The number of rotatable bonds is 1. The Bertz CT molecular complexity index is 605. The van der Waals surface area contributed by atoms with Crippen molar-refractivity contribution in [2.45, 2.75) is 6.92 Å². The molecular weight excluding hydrogens is 230 g/mol. The molecule has 0 saturated carbocycles. The summed E-state index contributed by atoms with van der Waals surface area (Å²) >= 11 is 0. The number of nitrogens with zero attached hydrogens (tertiary/aromatic N) is 2.